The first-order valence-electron chi connectivity index (χ1n) is 7.64. The first-order valence-corrected chi connectivity index (χ1v) is 11.1. The van der Waals surface area contributed by atoms with E-state index in [1.165, 1.54) is 15.6 Å². The highest BCUT2D eigenvalue weighted by Crippen LogP contribution is 2.29. The zero-order chi connectivity index (χ0) is 18.0. The number of rotatable bonds is 4. The molecule has 9 heteroatoms. The molecule has 1 aromatic heterocycles. The third kappa shape index (κ3) is 4.25. The molecule has 1 aliphatic heterocycles. The maximum atomic E-state index is 12.6. The van der Waals surface area contributed by atoms with Gasteiger partial charge in [0.2, 0.25) is 5.91 Å². The van der Waals surface area contributed by atoms with E-state index in [2.05, 4.69) is 15.9 Å². The summed E-state index contributed by atoms with van der Waals surface area (Å²) in [7, 11) is -3.49. The summed E-state index contributed by atoms with van der Waals surface area (Å²) >= 11 is 10.6. The number of halogens is 2. The predicted octanol–water partition coefficient (Wildman–Crippen LogP) is 3.24. The zero-order valence-corrected chi connectivity index (χ0v) is 17.2. The minimum absolute atomic E-state index is 0.0379. The highest BCUT2D eigenvalue weighted by Gasteiger charge is 2.31. The van der Waals surface area contributed by atoms with Crippen LogP contribution in [0.3, 0.4) is 0 Å². The third-order valence-electron chi connectivity index (χ3n) is 4.03. The van der Waals surface area contributed by atoms with Gasteiger partial charge in [0.15, 0.2) is 0 Å². The topological polar surface area (TPSA) is 57.7 Å². The van der Waals surface area contributed by atoms with Crippen LogP contribution in [0.1, 0.15) is 5.56 Å². The van der Waals surface area contributed by atoms with Crippen LogP contribution in [-0.4, -0.2) is 49.7 Å². The molecule has 0 atom stereocenters. The average Bonchev–Trinajstić information content (AvgIpc) is 3.04. The Morgan fingerprint density at radius 2 is 1.80 bits per heavy atom. The molecule has 0 saturated carbocycles. The van der Waals surface area contributed by atoms with Gasteiger partial charge in [0.05, 0.1) is 10.2 Å². The van der Waals surface area contributed by atoms with E-state index in [4.69, 9.17) is 11.6 Å². The van der Waals surface area contributed by atoms with E-state index >= 15 is 0 Å². The van der Waals surface area contributed by atoms with E-state index in [9.17, 15) is 13.2 Å². The van der Waals surface area contributed by atoms with Crippen LogP contribution in [0.5, 0.6) is 0 Å². The Balaban J connectivity index is 1.62. The SMILES string of the molecule is O=C(Cc1ccccc1Cl)N1CCN(S(=O)(=O)c2ccc(Br)s2)CC1. The van der Waals surface area contributed by atoms with Gasteiger partial charge in [-0.1, -0.05) is 29.8 Å². The zero-order valence-electron chi connectivity index (χ0n) is 13.2. The van der Waals surface area contributed by atoms with Crippen LogP contribution in [-0.2, 0) is 21.2 Å². The van der Waals surface area contributed by atoms with E-state index in [0.29, 0.717) is 35.4 Å². The highest BCUT2D eigenvalue weighted by molar-refractivity contribution is 9.11. The van der Waals surface area contributed by atoms with Gasteiger partial charge in [0.25, 0.3) is 10.0 Å². The fourth-order valence-corrected chi connectivity index (χ4v) is 6.45. The molecular formula is C16H16BrClN2O3S2. The monoisotopic (exact) mass is 462 g/mol. The summed E-state index contributed by atoms with van der Waals surface area (Å²) in [5, 5.41) is 0.570. The van der Waals surface area contributed by atoms with Gasteiger partial charge in [-0.2, -0.15) is 4.31 Å². The largest absolute Gasteiger partial charge is 0.340 e. The number of hydrogen-bond donors (Lipinski definition) is 0. The minimum atomic E-state index is -3.49. The van der Waals surface area contributed by atoms with Crippen LogP contribution >= 0.6 is 38.9 Å². The van der Waals surface area contributed by atoms with E-state index < -0.39 is 10.0 Å². The molecule has 5 nitrogen and oxygen atoms in total. The molecule has 0 spiro atoms. The number of nitrogens with zero attached hydrogens (tertiary/aromatic N) is 2. The number of hydrogen-bond acceptors (Lipinski definition) is 4. The van der Waals surface area contributed by atoms with Crippen LogP contribution < -0.4 is 0 Å². The van der Waals surface area contributed by atoms with Crippen molar-refractivity contribution in [1.29, 1.82) is 0 Å². The van der Waals surface area contributed by atoms with Crippen molar-refractivity contribution in [2.75, 3.05) is 26.2 Å². The van der Waals surface area contributed by atoms with E-state index in [0.717, 1.165) is 9.35 Å². The normalized spacial score (nSPS) is 16.2. The lowest BCUT2D eigenvalue weighted by atomic mass is 10.1. The summed E-state index contributed by atoms with van der Waals surface area (Å²) in [5.74, 6) is -0.0379. The van der Waals surface area contributed by atoms with Crippen molar-refractivity contribution in [2.24, 2.45) is 0 Å². The van der Waals surface area contributed by atoms with E-state index in [1.807, 2.05) is 18.2 Å². The van der Waals surface area contributed by atoms with E-state index in [-0.39, 0.29) is 12.3 Å². The van der Waals surface area contributed by atoms with Gasteiger partial charge >= 0.3 is 0 Å². The second-order valence-corrected chi connectivity index (χ2v) is 10.6. The highest BCUT2D eigenvalue weighted by atomic mass is 79.9. The van der Waals surface area contributed by atoms with Crippen molar-refractivity contribution in [3.8, 4) is 0 Å². The summed E-state index contributed by atoms with van der Waals surface area (Å²) in [5.41, 5.74) is 0.785. The lowest BCUT2D eigenvalue weighted by Gasteiger charge is -2.33. The molecule has 2 heterocycles. The van der Waals surface area contributed by atoms with Gasteiger partial charge < -0.3 is 4.90 Å². The minimum Gasteiger partial charge on any atom is -0.340 e. The maximum absolute atomic E-state index is 12.6. The van der Waals surface area contributed by atoms with Crippen LogP contribution in [0.15, 0.2) is 44.4 Å². The van der Waals surface area contributed by atoms with Crippen molar-refractivity contribution >= 4 is 54.8 Å². The van der Waals surface area contributed by atoms with Crippen molar-refractivity contribution < 1.29 is 13.2 Å². The van der Waals surface area contributed by atoms with Gasteiger partial charge in [0.1, 0.15) is 4.21 Å². The van der Waals surface area contributed by atoms with Crippen LogP contribution in [0.25, 0.3) is 0 Å². The smallest absolute Gasteiger partial charge is 0.252 e. The maximum Gasteiger partial charge on any atom is 0.252 e. The van der Waals surface area contributed by atoms with Crippen molar-refractivity contribution in [2.45, 2.75) is 10.6 Å². The fraction of sp³-hybridized carbons (Fsp3) is 0.312. The molecule has 1 saturated heterocycles. The number of amides is 1. The Kier molecular flexibility index (Phi) is 5.85. The molecule has 1 aliphatic rings. The first kappa shape index (κ1) is 18.8. The van der Waals surface area contributed by atoms with Crippen LogP contribution in [0, 0.1) is 0 Å². The molecule has 1 aromatic carbocycles. The Morgan fingerprint density at radius 1 is 1.12 bits per heavy atom. The molecule has 25 heavy (non-hydrogen) atoms. The number of piperazine rings is 1. The molecule has 3 rings (SSSR count). The van der Waals surface area contributed by atoms with Gasteiger partial charge in [0, 0.05) is 31.2 Å². The third-order valence-corrected chi connectivity index (χ3v) is 8.39. The predicted molar refractivity (Wildman–Crippen MR) is 103 cm³/mol. The molecule has 1 amide bonds. The van der Waals surface area contributed by atoms with Crippen molar-refractivity contribution in [3.05, 3.63) is 50.8 Å². The molecular weight excluding hydrogens is 448 g/mol. The lowest BCUT2D eigenvalue weighted by Crippen LogP contribution is -2.50. The molecule has 0 unspecified atom stereocenters. The number of thiophene rings is 1. The number of sulfonamides is 1. The van der Waals surface area contributed by atoms with Gasteiger partial charge in [-0.15, -0.1) is 11.3 Å². The number of carbonyl (C=O) groups is 1. The second-order valence-electron chi connectivity index (χ2n) is 5.61. The summed E-state index contributed by atoms with van der Waals surface area (Å²) in [6.45, 7) is 1.36. The quantitative estimate of drug-likeness (QED) is 0.699. The summed E-state index contributed by atoms with van der Waals surface area (Å²) in [6, 6.07) is 10.6. The first-order chi connectivity index (χ1) is 11.9. The lowest BCUT2D eigenvalue weighted by molar-refractivity contribution is -0.131. The summed E-state index contributed by atoms with van der Waals surface area (Å²) in [6.07, 6.45) is 0.226. The van der Waals surface area contributed by atoms with Gasteiger partial charge in [-0.05, 0) is 39.7 Å². The van der Waals surface area contributed by atoms with Crippen molar-refractivity contribution in [3.63, 3.8) is 0 Å². The summed E-state index contributed by atoms with van der Waals surface area (Å²) < 4.78 is 27.7. The van der Waals surface area contributed by atoms with Gasteiger partial charge in [-0.3, -0.25) is 4.79 Å². The molecule has 0 radical (unpaired) electrons. The Hall–Kier alpha value is -0.930. The molecule has 1 fully saturated rings. The Labute approximate surface area is 164 Å². The van der Waals surface area contributed by atoms with Crippen LogP contribution in [0.4, 0.5) is 0 Å². The second kappa shape index (κ2) is 7.75. The average molecular weight is 464 g/mol. The fourth-order valence-electron chi connectivity index (χ4n) is 2.66. The van der Waals surface area contributed by atoms with Crippen LogP contribution in [0.2, 0.25) is 5.02 Å². The molecule has 0 aliphatic carbocycles. The van der Waals surface area contributed by atoms with E-state index in [1.54, 1.807) is 23.1 Å². The number of benzene rings is 1. The Bertz CT molecular complexity index is 877. The standard InChI is InChI=1S/C16H16BrClN2O3S2/c17-14-5-6-16(24-14)25(22,23)20-9-7-19(8-10-20)15(21)11-12-3-1-2-4-13(12)18/h1-6H,7-11H2. The Morgan fingerprint density at radius 3 is 2.40 bits per heavy atom. The molecule has 0 bridgehead atoms. The summed E-state index contributed by atoms with van der Waals surface area (Å²) in [4.78, 5) is 14.1. The molecule has 0 N–H and O–H groups in total. The number of carbonyl (C=O) groups excluding carboxylic acids is 1. The molecule has 134 valence electrons. The van der Waals surface area contributed by atoms with Gasteiger partial charge in [-0.25, -0.2) is 8.42 Å². The van der Waals surface area contributed by atoms with Crippen molar-refractivity contribution in [1.82, 2.24) is 9.21 Å². The molecule has 2 aromatic rings.